The van der Waals surface area contributed by atoms with Gasteiger partial charge in [-0.1, -0.05) is 52.7 Å². The molecule has 0 aliphatic rings. The zero-order chi connectivity index (χ0) is 17.2. The molecule has 0 fully saturated rings. The lowest BCUT2D eigenvalue weighted by Crippen LogP contribution is -1.87. The van der Waals surface area contributed by atoms with Gasteiger partial charge in [-0.15, -0.1) is 10.2 Å². The highest BCUT2D eigenvalue weighted by molar-refractivity contribution is 7.18. The first kappa shape index (κ1) is 16.1. The number of rotatable bonds is 4. The van der Waals surface area contributed by atoms with Crippen LogP contribution >= 0.6 is 34.5 Å². The Kier molecular flexibility index (Phi) is 4.44. The van der Waals surface area contributed by atoms with Crippen molar-refractivity contribution in [2.75, 3.05) is 5.32 Å². The van der Waals surface area contributed by atoms with E-state index in [1.54, 1.807) is 18.2 Å². The van der Waals surface area contributed by atoms with Crippen molar-refractivity contribution in [1.29, 1.82) is 0 Å². The first-order chi connectivity index (χ1) is 12.2. The number of halogens is 2. The van der Waals surface area contributed by atoms with Gasteiger partial charge in [0, 0.05) is 16.3 Å². The normalized spacial score (nSPS) is 10.8. The molecule has 2 aromatic carbocycles. The first-order valence-electron chi connectivity index (χ1n) is 7.40. The lowest BCUT2D eigenvalue weighted by atomic mass is 10.2. The van der Waals surface area contributed by atoms with E-state index >= 15 is 0 Å². The number of aromatic nitrogens is 2. The van der Waals surface area contributed by atoms with Gasteiger partial charge < -0.3 is 9.73 Å². The van der Waals surface area contributed by atoms with Gasteiger partial charge in [-0.3, -0.25) is 0 Å². The fourth-order valence-electron chi connectivity index (χ4n) is 2.30. The highest BCUT2D eigenvalue weighted by Crippen LogP contribution is 2.36. The third-order valence-electron chi connectivity index (χ3n) is 3.46. The third kappa shape index (κ3) is 3.54. The summed E-state index contributed by atoms with van der Waals surface area (Å²) in [6.45, 7) is 0. The Bertz CT molecular complexity index is 1010. The van der Waals surface area contributed by atoms with E-state index in [0.29, 0.717) is 31.7 Å². The van der Waals surface area contributed by atoms with E-state index < -0.39 is 0 Å². The molecule has 0 radical (unpaired) electrons. The summed E-state index contributed by atoms with van der Waals surface area (Å²) in [6.07, 6.45) is 0. The molecule has 0 aliphatic carbocycles. The molecule has 0 saturated carbocycles. The Balaban J connectivity index is 1.59. The lowest BCUT2D eigenvalue weighted by Gasteiger charge is -2.01. The fraction of sp³-hybridized carbons (Fsp3) is 0. The zero-order valence-corrected chi connectivity index (χ0v) is 15.1. The quantitative estimate of drug-likeness (QED) is 0.433. The molecule has 2 heterocycles. The molecule has 0 atom stereocenters. The molecule has 0 saturated heterocycles. The number of hydrogen-bond donors (Lipinski definition) is 1. The van der Waals surface area contributed by atoms with Crippen molar-refractivity contribution in [2.24, 2.45) is 0 Å². The molecule has 0 spiro atoms. The van der Waals surface area contributed by atoms with Crippen LogP contribution in [0.25, 0.3) is 22.1 Å². The molecule has 1 N–H and O–H groups in total. The van der Waals surface area contributed by atoms with Crippen molar-refractivity contribution < 1.29 is 4.42 Å². The van der Waals surface area contributed by atoms with Crippen LogP contribution in [-0.4, -0.2) is 10.2 Å². The summed E-state index contributed by atoms with van der Waals surface area (Å²) in [5.41, 5.74) is 1.70. The molecule has 4 rings (SSSR count). The van der Waals surface area contributed by atoms with Gasteiger partial charge in [0.2, 0.25) is 5.13 Å². The molecular formula is C18H11Cl2N3OS. The number of furan rings is 1. The average Bonchev–Trinajstić information content (AvgIpc) is 3.27. The van der Waals surface area contributed by atoms with Crippen molar-refractivity contribution >= 4 is 45.4 Å². The molecule has 4 aromatic rings. The van der Waals surface area contributed by atoms with E-state index in [1.807, 2.05) is 42.5 Å². The highest BCUT2D eigenvalue weighted by atomic mass is 35.5. The Morgan fingerprint density at radius 1 is 0.880 bits per heavy atom. The average molecular weight is 388 g/mol. The van der Waals surface area contributed by atoms with Crippen LogP contribution in [-0.2, 0) is 0 Å². The zero-order valence-electron chi connectivity index (χ0n) is 12.7. The van der Waals surface area contributed by atoms with Crippen molar-refractivity contribution in [3.63, 3.8) is 0 Å². The Labute approximate surface area is 158 Å². The van der Waals surface area contributed by atoms with Gasteiger partial charge in [-0.25, -0.2) is 0 Å². The highest BCUT2D eigenvalue weighted by Gasteiger charge is 2.14. The van der Waals surface area contributed by atoms with E-state index in [9.17, 15) is 0 Å². The van der Waals surface area contributed by atoms with Crippen LogP contribution < -0.4 is 5.32 Å². The molecule has 2 aromatic heterocycles. The molecule has 0 bridgehead atoms. The van der Waals surface area contributed by atoms with E-state index in [4.69, 9.17) is 27.6 Å². The molecule has 0 unspecified atom stereocenters. The summed E-state index contributed by atoms with van der Waals surface area (Å²) in [6, 6.07) is 18.8. The molecule has 7 heteroatoms. The number of nitrogens with zero attached hydrogens (tertiary/aromatic N) is 2. The minimum atomic E-state index is 0.578. The molecule has 124 valence electrons. The Morgan fingerprint density at radius 3 is 2.52 bits per heavy atom. The lowest BCUT2D eigenvalue weighted by molar-refractivity contribution is 0.596. The van der Waals surface area contributed by atoms with Crippen molar-refractivity contribution in [2.45, 2.75) is 0 Å². The largest absolute Gasteiger partial charge is 0.453 e. The third-order valence-corrected chi connectivity index (χ3v) is 4.88. The van der Waals surface area contributed by atoms with Crippen LogP contribution in [0.4, 0.5) is 10.8 Å². The van der Waals surface area contributed by atoms with Crippen LogP contribution in [0.15, 0.2) is 65.1 Å². The van der Waals surface area contributed by atoms with E-state index in [1.165, 1.54) is 11.3 Å². The van der Waals surface area contributed by atoms with Crippen LogP contribution in [0.3, 0.4) is 0 Å². The maximum atomic E-state index is 6.23. The van der Waals surface area contributed by atoms with Crippen LogP contribution in [0, 0.1) is 0 Å². The molecule has 4 nitrogen and oxygen atoms in total. The van der Waals surface area contributed by atoms with Crippen LogP contribution in [0.5, 0.6) is 0 Å². The number of nitrogens with one attached hydrogen (secondary N) is 1. The summed E-state index contributed by atoms with van der Waals surface area (Å²) in [5, 5.41) is 14.1. The van der Waals surface area contributed by atoms with Gasteiger partial charge in [0.1, 0.15) is 5.76 Å². The minimum absolute atomic E-state index is 0.578. The van der Waals surface area contributed by atoms with Crippen molar-refractivity contribution in [3.8, 4) is 22.1 Å². The second-order valence-corrected chi connectivity index (χ2v) is 7.01. The van der Waals surface area contributed by atoms with Crippen LogP contribution in [0.2, 0.25) is 10.0 Å². The summed E-state index contributed by atoms with van der Waals surface area (Å²) in [5.74, 6) is 1.26. The number of hydrogen-bond acceptors (Lipinski definition) is 5. The number of para-hydroxylation sites is 1. The van der Waals surface area contributed by atoms with Gasteiger partial charge in [-0.2, -0.15) is 0 Å². The molecule has 0 amide bonds. The second kappa shape index (κ2) is 6.88. The second-order valence-electron chi connectivity index (χ2n) is 5.19. The summed E-state index contributed by atoms with van der Waals surface area (Å²) < 4.78 is 5.89. The summed E-state index contributed by atoms with van der Waals surface area (Å²) in [7, 11) is 0. The van der Waals surface area contributed by atoms with Crippen molar-refractivity contribution in [1.82, 2.24) is 10.2 Å². The standard InChI is InChI=1S/C18H11Cl2N3OS/c19-11-6-7-14(20)13(10-11)15-8-9-16(24-15)17-22-23-18(25-17)21-12-4-2-1-3-5-12/h1-10H,(H,21,23). The maximum absolute atomic E-state index is 6.23. The molecule has 25 heavy (non-hydrogen) atoms. The fourth-order valence-corrected chi connectivity index (χ4v) is 3.41. The van der Waals surface area contributed by atoms with Gasteiger partial charge in [0.25, 0.3) is 0 Å². The minimum Gasteiger partial charge on any atom is -0.453 e. The topological polar surface area (TPSA) is 51.0 Å². The van der Waals surface area contributed by atoms with E-state index in [2.05, 4.69) is 15.5 Å². The van der Waals surface area contributed by atoms with E-state index in [-0.39, 0.29) is 0 Å². The first-order valence-corrected chi connectivity index (χ1v) is 8.97. The predicted molar refractivity (Wildman–Crippen MR) is 103 cm³/mol. The predicted octanol–water partition coefficient (Wildman–Crippen LogP) is 6.52. The summed E-state index contributed by atoms with van der Waals surface area (Å²) in [4.78, 5) is 0. The van der Waals surface area contributed by atoms with Gasteiger partial charge >= 0.3 is 0 Å². The van der Waals surface area contributed by atoms with Crippen LogP contribution in [0.1, 0.15) is 0 Å². The number of anilines is 2. The molecule has 0 aliphatic heterocycles. The molecular weight excluding hydrogens is 377 g/mol. The van der Waals surface area contributed by atoms with Gasteiger partial charge in [0.05, 0.1) is 5.02 Å². The SMILES string of the molecule is Clc1ccc(Cl)c(-c2ccc(-c3nnc(Nc4ccccc4)s3)o2)c1. The van der Waals surface area contributed by atoms with Crippen molar-refractivity contribution in [3.05, 3.63) is 70.7 Å². The smallest absolute Gasteiger partial charge is 0.210 e. The summed E-state index contributed by atoms with van der Waals surface area (Å²) >= 11 is 13.7. The monoisotopic (exact) mass is 387 g/mol. The maximum Gasteiger partial charge on any atom is 0.210 e. The number of benzene rings is 2. The van der Waals surface area contributed by atoms with E-state index in [0.717, 1.165) is 11.3 Å². The Hall–Kier alpha value is -2.34. The van der Waals surface area contributed by atoms with Gasteiger partial charge in [-0.05, 0) is 42.5 Å². The van der Waals surface area contributed by atoms with Gasteiger partial charge in [0.15, 0.2) is 10.8 Å². The Morgan fingerprint density at radius 2 is 1.68 bits per heavy atom.